The first-order chi connectivity index (χ1) is 10.4. The number of amides is 2. The Morgan fingerprint density at radius 3 is 2.68 bits per heavy atom. The number of aryl methyl sites for hydroxylation is 1. The highest BCUT2D eigenvalue weighted by atomic mass is 32.2. The van der Waals surface area contributed by atoms with Crippen molar-refractivity contribution >= 4 is 21.9 Å². The van der Waals surface area contributed by atoms with Gasteiger partial charge in [0.15, 0.2) is 5.82 Å². The van der Waals surface area contributed by atoms with Gasteiger partial charge in [-0.1, -0.05) is 12.1 Å². The Balaban J connectivity index is 1.78. The first-order valence-corrected chi connectivity index (χ1v) is 9.00. The van der Waals surface area contributed by atoms with Gasteiger partial charge in [-0.3, -0.25) is 5.32 Å². The van der Waals surface area contributed by atoms with Crippen molar-refractivity contribution in [3.05, 3.63) is 11.8 Å². The standard InChI is InChI=1S/C13H22N4O4S/c1-3-8-22(19,20)17-6-4-11(5-7-17)14-13(18)15-12-9-10(2)21-16-12/h9,11H,3-8H2,1-2H3,(H2,14,15,16,18). The molecule has 0 spiro atoms. The number of rotatable bonds is 5. The lowest BCUT2D eigenvalue weighted by Gasteiger charge is -2.31. The van der Waals surface area contributed by atoms with E-state index in [4.69, 9.17) is 4.52 Å². The minimum atomic E-state index is -3.15. The van der Waals surface area contributed by atoms with Gasteiger partial charge in [0.25, 0.3) is 0 Å². The molecule has 0 unspecified atom stereocenters. The molecule has 2 heterocycles. The number of nitrogens with zero attached hydrogens (tertiary/aromatic N) is 2. The summed E-state index contributed by atoms with van der Waals surface area (Å²) in [5.41, 5.74) is 0. The highest BCUT2D eigenvalue weighted by Gasteiger charge is 2.28. The number of hydrogen-bond acceptors (Lipinski definition) is 5. The highest BCUT2D eigenvalue weighted by molar-refractivity contribution is 7.89. The van der Waals surface area contributed by atoms with Gasteiger partial charge in [-0.15, -0.1) is 0 Å². The van der Waals surface area contributed by atoms with E-state index in [2.05, 4.69) is 15.8 Å². The average Bonchev–Trinajstić information content (AvgIpc) is 2.84. The number of urea groups is 1. The van der Waals surface area contributed by atoms with E-state index in [9.17, 15) is 13.2 Å². The van der Waals surface area contributed by atoms with Crippen molar-refractivity contribution in [1.29, 1.82) is 0 Å². The van der Waals surface area contributed by atoms with Crippen LogP contribution in [0, 0.1) is 6.92 Å². The molecule has 1 aliphatic heterocycles. The number of anilines is 1. The summed E-state index contributed by atoms with van der Waals surface area (Å²) in [4.78, 5) is 11.8. The summed E-state index contributed by atoms with van der Waals surface area (Å²) in [6, 6.07) is 1.23. The Morgan fingerprint density at radius 1 is 1.45 bits per heavy atom. The van der Waals surface area contributed by atoms with Crippen molar-refractivity contribution in [3.63, 3.8) is 0 Å². The molecule has 0 atom stereocenters. The first kappa shape index (κ1) is 16.8. The molecule has 8 nitrogen and oxygen atoms in total. The largest absolute Gasteiger partial charge is 0.360 e. The zero-order valence-electron chi connectivity index (χ0n) is 12.8. The molecule has 2 rings (SSSR count). The van der Waals surface area contributed by atoms with Gasteiger partial charge < -0.3 is 9.84 Å². The summed E-state index contributed by atoms with van der Waals surface area (Å²) in [6.45, 7) is 4.47. The van der Waals surface area contributed by atoms with E-state index in [1.165, 1.54) is 4.31 Å². The summed E-state index contributed by atoms with van der Waals surface area (Å²) in [7, 11) is -3.15. The minimum Gasteiger partial charge on any atom is -0.360 e. The molecule has 0 radical (unpaired) electrons. The molecule has 0 aromatic carbocycles. The number of sulfonamides is 1. The van der Waals surface area contributed by atoms with Gasteiger partial charge in [0.05, 0.1) is 5.75 Å². The van der Waals surface area contributed by atoms with Crippen LogP contribution in [0.15, 0.2) is 10.6 Å². The molecule has 0 bridgehead atoms. The lowest BCUT2D eigenvalue weighted by atomic mass is 10.1. The van der Waals surface area contributed by atoms with Crippen molar-refractivity contribution in [1.82, 2.24) is 14.8 Å². The molecule has 22 heavy (non-hydrogen) atoms. The maximum Gasteiger partial charge on any atom is 0.320 e. The molecule has 9 heteroatoms. The average molecular weight is 330 g/mol. The molecule has 0 aliphatic carbocycles. The summed E-state index contributed by atoms with van der Waals surface area (Å²) < 4.78 is 30.3. The summed E-state index contributed by atoms with van der Waals surface area (Å²) in [5.74, 6) is 1.15. The van der Waals surface area contributed by atoms with Gasteiger partial charge in [-0.25, -0.2) is 17.5 Å². The third-order valence-corrected chi connectivity index (χ3v) is 5.59. The topological polar surface area (TPSA) is 105 Å². The zero-order valence-corrected chi connectivity index (χ0v) is 13.6. The fourth-order valence-corrected chi connectivity index (χ4v) is 3.97. The van der Waals surface area contributed by atoms with Crippen LogP contribution >= 0.6 is 0 Å². The van der Waals surface area contributed by atoms with E-state index in [-0.39, 0.29) is 17.8 Å². The van der Waals surface area contributed by atoms with Crippen molar-refractivity contribution < 1.29 is 17.7 Å². The van der Waals surface area contributed by atoms with Crippen LogP contribution in [0.4, 0.5) is 10.6 Å². The van der Waals surface area contributed by atoms with Crippen molar-refractivity contribution in [2.75, 3.05) is 24.2 Å². The van der Waals surface area contributed by atoms with E-state index in [1.807, 2.05) is 6.92 Å². The third kappa shape index (κ3) is 4.44. The Hall–Kier alpha value is -1.61. The van der Waals surface area contributed by atoms with Crippen LogP contribution in [-0.4, -0.2) is 48.8 Å². The predicted octanol–water partition coefficient (Wildman–Crippen LogP) is 1.31. The SMILES string of the molecule is CCCS(=O)(=O)N1CCC(NC(=O)Nc2cc(C)on2)CC1. The van der Waals surface area contributed by atoms with Gasteiger partial charge >= 0.3 is 6.03 Å². The fraction of sp³-hybridized carbons (Fsp3) is 0.692. The fourth-order valence-electron chi connectivity index (χ4n) is 2.43. The van der Waals surface area contributed by atoms with Crippen molar-refractivity contribution in [2.24, 2.45) is 0 Å². The quantitative estimate of drug-likeness (QED) is 0.847. The van der Waals surface area contributed by atoms with Gasteiger partial charge in [0.1, 0.15) is 5.76 Å². The molecule has 1 aromatic rings. The molecule has 2 amide bonds. The Kier molecular flexibility index (Phi) is 5.41. The normalized spacial score (nSPS) is 17.4. The molecular weight excluding hydrogens is 308 g/mol. The van der Waals surface area contributed by atoms with E-state index in [1.54, 1.807) is 13.0 Å². The number of carbonyl (C=O) groups is 1. The van der Waals surface area contributed by atoms with Crippen LogP contribution in [0.2, 0.25) is 0 Å². The predicted molar refractivity (Wildman–Crippen MR) is 82.1 cm³/mol. The monoisotopic (exact) mass is 330 g/mol. The maximum atomic E-state index is 12.0. The summed E-state index contributed by atoms with van der Waals surface area (Å²) >= 11 is 0. The number of hydrogen-bond donors (Lipinski definition) is 2. The smallest absolute Gasteiger partial charge is 0.320 e. The molecule has 0 saturated carbocycles. The molecule has 1 aliphatic rings. The minimum absolute atomic E-state index is 0.0407. The third-order valence-electron chi connectivity index (χ3n) is 3.51. The van der Waals surface area contributed by atoms with Crippen LogP contribution in [0.3, 0.4) is 0 Å². The lowest BCUT2D eigenvalue weighted by molar-refractivity contribution is 0.238. The van der Waals surface area contributed by atoms with Gasteiger partial charge in [0, 0.05) is 25.2 Å². The van der Waals surface area contributed by atoms with Gasteiger partial charge in [0.2, 0.25) is 10.0 Å². The molecule has 1 saturated heterocycles. The lowest BCUT2D eigenvalue weighted by Crippen LogP contribution is -2.48. The Bertz CT molecular complexity index is 605. The van der Waals surface area contributed by atoms with Crippen LogP contribution < -0.4 is 10.6 Å². The number of carbonyl (C=O) groups excluding carboxylic acids is 1. The van der Waals surface area contributed by atoms with E-state index < -0.39 is 10.0 Å². The second-order valence-electron chi connectivity index (χ2n) is 5.41. The highest BCUT2D eigenvalue weighted by Crippen LogP contribution is 2.15. The van der Waals surface area contributed by atoms with E-state index in [0.717, 1.165) is 0 Å². The van der Waals surface area contributed by atoms with Gasteiger partial charge in [-0.05, 0) is 26.2 Å². The molecule has 124 valence electrons. The second-order valence-corrected chi connectivity index (χ2v) is 7.50. The van der Waals surface area contributed by atoms with Crippen LogP contribution in [0.5, 0.6) is 0 Å². The number of nitrogens with one attached hydrogen (secondary N) is 2. The van der Waals surface area contributed by atoms with Crippen molar-refractivity contribution in [3.8, 4) is 0 Å². The Labute approximate surface area is 130 Å². The Morgan fingerprint density at radius 2 is 2.14 bits per heavy atom. The maximum absolute atomic E-state index is 12.0. The molecule has 1 aromatic heterocycles. The van der Waals surface area contributed by atoms with Crippen LogP contribution in [0.1, 0.15) is 31.9 Å². The van der Waals surface area contributed by atoms with Gasteiger partial charge in [-0.2, -0.15) is 0 Å². The molecule has 2 N–H and O–H groups in total. The molecular formula is C13H22N4O4S. The van der Waals surface area contributed by atoms with Crippen LogP contribution in [0.25, 0.3) is 0 Å². The number of aromatic nitrogens is 1. The van der Waals surface area contributed by atoms with Crippen LogP contribution in [-0.2, 0) is 10.0 Å². The van der Waals surface area contributed by atoms with E-state index in [0.29, 0.717) is 43.9 Å². The second kappa shape index (κ2) is 7.10. The summed E-state index contributed by atoms with van der Waals surface area (Å²) in [6.07, 6.45) is 1.82. The number of piperidine rings is 1. The zero-order chi connectivity index (χ0) is 16.2. The van der Waals surface area contributed by atoms with Crippen molar-refractivity contribution in [2.45, 2.75) is 39.2 Å². The summed E-state index contributed by atoms with van der Waals surface area (Å²) in [5, 5.41) is 9.09. The van der Waals surface area contributed by atoms with E-state index >= 15 is 0 Å². The molecule has 1 fully saturated rings. The first-order valence-electron chi connectivity index (χ1n) is 7.39.